The van der Waals surface area contributed by atoms with Gasteiger partial charge in [-0.25, -0.2) is 4.39 Å². The Morgan fingerprint density at radius 1 is 1.56 bits per heavy atom. The van der Waals surface area contributed by atoms with Crippen molar-refractivity contribution in [3.8, 4) is 5.75 Å². The summed E-state index contributed by atoms with van der Waals surface area (Å²) in [5.41, 5.74) is 4.62. The molecular weight excluding hydrogens is 243 g/mol. The van der Waals surface area contributed by atoms with E-state index >= 15 is 0 Å². The molecule has 0 amide bonds. The number of phenols is 1. The van der Waals surface area contributed by atoms with Crippen molar-refractivity contribution in [3.05, 3.63) is 33.6 Å². The number of rotatable bonds is 3. The molecule has 1 atom stereocenters. The highest BCUT2D eigenvalue weighted by Gasteiger charge is 2.19. The number of nitrogens with two attached hydrogens (primary N) is 1. The van der Waals surface area contributed by atoms with E-state index in [1.807, 2.05) is 0 Å². The smallest absolute Gasteiger partial charge is 0.272 e. The van der Waals surface area contributed by atoms with Crippen LogP contribution in [0.5, 0.6) is 5.75 Å². The second-order valence-corrected chi connectivity index (χ2v) is 2.91. The summed E-state index contributed by atoms with van der Waals surface area (Å²) in [6.07, 6.45) is 0. The molecule has 0 fully saturated rings. The first-order chi connectivity index (χ1) is 6.97. The van der Waals surface area contributed by atoms with E-state index in [1.165, 1.54) is 0 Å². The van der Waals surface area contributed by atoms with E-state index in [-0.39, 0.29) is 18.0 Å². The van der Waals surface area contributed by atoms with Crippen LogP contribution in [-0.2, 0) is 0 Å². The number of nitro benzene ring substituents is 1. The first kappa shape index (κ1) is 14.6. The number of nitro groups is 1. The fourth-order valence-corrected chi connectivity index (χ4v) is 1.09. The largest absolute Gasteiger partial charge is 0.505 e. The molecule has 90 valence electrons. The molecule has 0 unspecified atom stereocenters. The maximum Gasteiger partial charge on any atom is 0.272 e. The molecule has 0 saturated carbocycles. The van der Waals surface area contributed by atoms with E-state index in [4.69, 9.17) is 10.8 Å². The van der Waals surface area contributed by atoms with Crippen LogP contribution in [0.2, 0.25) is 0 Å². The summed E-state index contributed by atoms with van der Waals surface area (Å²) in [5, 5.41) is 28.3. The average molecular weight is 253 g/mol. The number of aliphatic hydroxyl groups is 1. The van der Waals surface area contributed by atoms with E-state index in [0.29, 0.717) is 6.07 Å². The molecule has 0 bridgehead atoms. The summed E-state index contributed by atoms with van der Waals surface area (Å²) in [4.78, 5) is 9.57. The zero-order chi connectivity index (χ0) is 11.6. The van der Waals surface area contributed by atoms with Crippen LogP contribution >= 0.6 is 12.4 Å². The molecule has 0 aliphatic carbocycles. The number of aromatic hydroxyl groups is 1. The quantitative estimate of drug-likeness (QED) is 0.546. The maximum absolute atomic E-state index is 13.0. The Hall–Kier alpha value is -1.44. The summed E-state index contributed by atoms with van der Waals surface area (Å²) in [6, 6.07) is 0.460. The van der Waals surface area contributed by atoms with Crippen LogP contribution < -0.4 is 5.73 Å². The van der Waals surface area contributed by atoms with Gasteiger partial charge in [-0.15, -0.1) is 12.4 Å². The molecular formula is C8H10ClFN2O4. The number of hydrogen-bond donors (Lipinski definition) is 3. The normalized spacial score (nSPS) is 11.7. The van der Waals surface area contributed by atoms with Crippen molar-refractivity contribution in [2.24, 2.45) is 5.73 Å². The summed E-state index contributed by atoms with van der Waals surface area (Å²) in [6.45, 7) is -0.547. The van der Waals surface area contributed by atoms with Crippen molar-refractivity contribution in [3.63, 3.8) is 0 Å². The molecule has 0 saturated heterocycles. The zero-order valence-corrected chi connectivity index (χ0v) is 8.78. The van der Waals surface area contributed by atoms with Gasteiger partial charge in [-0.2, -0.15) is 0 Å². The van der Waals surface area contributed by atoms with Gasteiger partial charge in [0.05, 0.1) is 23.6 Å². The molecule has 0 spiro atoms. The lowest BCUT2D eigenvalue weighted by molar-refractivity contribution is -0.385. The molecule has 0 heterocycles. The van der Waals surface area contributed by atoms with E-state index in [1.54, 1.807) is 0 Å². The monoisotopic (exact) mass is 252 g/mol. The van der Waals surface area contributed by atoms with Crippen molar-refractivity contribution in [1.82, 2.24) is 0 Å². The average Bonchev–Trinajstić information content (AvgIpc) is 2.20. The van der Waals surface area contributed by atoms with E-state index < -0.39 is 34.8 Å². The molecule has 0 aliphatic rings. The van der Waals surface area contributed by atoms with Crippen molar-refractivity contribution >= 4 is 18.1 Å². The van der Waals surface area contributed by atoms with Crippen molar-refractivity contribution in [2.75, 3.05) is 6.61 Å². The first-order valence-electron chi connectivity index (χ1n) is 4.00. The number of hydrogen-bond acceptors (Lipinski definition) is 5. The molecule has 0 aliphatic heterocycles. The predicted molar refractivity (Wildman–Crippen MR) is 56.0 cm³/mol. The molecule has 1 rings (SSSR count). The van der Waals surface area contributed by atoms with E-state index in [0.717, 1.165) is 6.07 Å². The molecule has 6 nitrogen and oxygen atoms in total. The Morgan fingerprint density at radius 2 is 2.12 bits per heavy atom. The molecule has 1 aromatic rings. The predicted octanol–water partition coefficient (Wildman–Crippen LogP) is 0.853. The van der Waals surface area contributed by atoms with Gasteiger partial charge in [0.25, 0.3) is 5.69 Å². The minimum atomic E-state index is -1.14. The molecule has 16 heavy (non-hydrogen) atoms. The number of halogens is 2. The van der Waals surface area contributed by atoms with Crippen LogP contribution in [0.15, 0.2) is 12.1 Å². The van der Waals surface area contributed by atoms with Crippen LogP contribution in [0.25, 0.3) is 0 Å². The van der Waals surface area contributed by atoms with Crippen molar-refractivity contribution in [2.45, 2.75) is 6.04 Å². The van der Waals surface area contributed by atoms with Gasteiger partial charge in [0.15, 0.2) is 11.6 Å². The lowest BCUT2D eigenvalue weighted by Crippen LogP contribution is -2.15. The van der Waals surface area contributed by atoms with Gasteiger partial charge in [0, 0.05) is 11.6 Å². The minimum Gasteiger partial charge on any atom is -0.505 e. The second kappa shape index (κ2) is 5.59. The minimum absolute atomic E-state index is 0. The van der Waals surface area contributed by atoms with Crippen LogP contribution in [0.1, 0.15) is 11.6 Å². The van der Waals surface area contributed by atoms with Crippen LogP contribution in [0.3, 0.4) is 0 Å². The number of non-ortho nitro benzene ring substituents is 1. The number of benzene rings is 1. The highest BCUT2D eigenvalue weighted by molar-refractivity contribution is 5.85. The topological polar surface area (TPSA) is 110 Å². The van der Waals surface area contributed by atoms with Gasteiger partial charge in [-0.05, 0) is 0 Å². The Bertz CT molecular complexity index is 402. The number of aliphatic hydroxyl groups excluding tert-OH is 1. The van der Waals surface area contributed by atoms with Gasteiger partial charge in [-0.3, -0.25) is 10.1 Å². The van der Waals surface area contributed by atoms with Gasteiger partial charge < -0.3 is 15.9 Å². The molecule has 0 radical (unpaired) electrons. The lowest BCUT2D eigenvalue weighted by Gasteiger charge is -2.10. The maximum atomic E-state index is 13.0. The number of nitrogens with zero attached hydrogens (tertiary/aromatic N) is 1. The second-order valence-electron chi connectivity index (χ2n) is 2.91. The zero-order valence-electron chi connectivity index (χ0n) is 7.96. The summed E-state index contributed by atoms with van der Waals surface area (Å²) in [7, 11) is 0. The Kier molecular flexibility index (Phi) is 5.09. The Labute approximate surface area is 96.1 Å². The van der Waals surface area contributed by atoms with Crippen LogP contribution in [-0.4, -0.2) is 21.7 Å². The third-order valence-corrected chi connectivity index (χ3v) is 1.88. The molecule has 8 heteroatoms. The van der Waals surface area contributed by atoms with Gasteiger partial charge in [0.1, 0.15) is 0 Å². The number of phenolic OH excluding ortho intramolecular Hbond substituents is 1. The fourth-order valence-electron chi connectivity index (χ4n) is 1.09. The van der Waals surface area contributed by atoms with Gasteiger partial charge >= 0.3 is 0 Å². The third-order valence-electron chi connectivity index (χ3n) is 1.88. The SMILES string of the molecule is Cl.N[C@H](CO)c1cc([N+](=O)[O-])cc(F)c1O. The molecule has 1 aromatic carbocycles. The van der Waals surface area contributed by atoms with Crippen LogP contribution in [0, 0.1) is 15.9 Å². The van der Waals surface area contributed by atoms with Gasteiger partial charge in [0.2, 0.25) is 0 Å². The standard InChI is InChI=1S/C8H9FN2O4.ClH/c9-6-2-4(11(14)15)1-5(8(6)13)7(10)3-12;/h1-2,7,12-13H,3,10H2;1H/t7-;/m1./s1. The molecule has 0 aromatic heterocycles. The van der Waals surface area contributed by atoms with Crippen molar-refractivity contribution < 1.29 is 19.5 Å². The summed E-state index contributed by atoms with van der Waals surface area (Å²) >= 11 is 0. The summed E-state index contributed by atoms with van der Waals surface area (Å²) < 4.78 is 13.0. The highest BCUT2D eigenvalue weighted by atomic mass is 35.5. The van der Waals surface area contributed by atoms with Crippen LogP contribution in [0.4, 0.5) is 10.1 Å². The Morgan fingerprint density at radius 3 is 2.56 bits per heavy atom. The fraction of sp³-hybridized carbons (Fsp3) is 0.250. The van der Waals surface area contributed by atoms with E-state index in [9.17, 15) is 19.6 Å². The molecule has 4 N–H and O–H groups in total. The lowest BCUT2D eigenvalue weighted by atomic mass is 10.1. The van der Waals surface area contributed by atoms with E-state index in [2.05, 4.69) is 0 Å². The third kappa shape index (κ3) is 2.78. The van der Waals surface area contributed by atoms with Crippen molar-refractivity contribution in [1.29, 1.82) is 0 Å². The first-order valence-corrected chi connectivity index (χ1v) is 4.00. The Balaban J connectivity index is 0.00000225. The van der Waals surface area contributed by atoms with Gasteiger partial charge in [-0.1, -0.05) is 0 Å². The summed E-state index contributed by atoms with van der Waals surface area (Å²) in [5.74, 6) is -1.91. The highest BCUT2D eigenvalue weighted by Crippen LogP contribution is 2.30.